The van der Waals surface area contributed by atoms with Crippen molar-refractivity contribution in [1.29, 1.82) is 0 Å². The van der Waals surface area contributed by atoms with E-state index in [9.17, 15) is 48.6 Å². The van der Waals surface area contributed by atoms with E-state index in [1.807, 2.05) is 0 Å². The van der Waals surface area contributed by atoms with Crippen LogP contribution in [0.15, 0.2) is 48.8 Å². The molecular formula is C43H49NO19. The van der Waals surface area contributed by atoms with Gasteiger partial charge in [-0.1, -0.05) is 25.1 Å². The van der Waals surface area contributed by atoms with E-state index in [0.717, 1.165) is 54.7 Å². The van der Waals surface area contributed by atoms with Gasteiger partial charge in [0.2, 0.25) is 0 Å². The van der Waals surface area contributed by atoms with Crippen LogP contribution >= 0.6 is 0 Å². The number of carbonyl (C=O) groups is 8. The summed E-state index contributed by atoms with van der Waals surface area (Å²) in [5, 5.41) is 25.7. The summed E-state index contributed by atoms with van der Waals surface area (Å²) in [6.07, 6.45) is -10.4. The smallest absolute Gasteiger partial charge is 0.340 e. The normalized spacial score (nSPS) is 36.8. The highest BCUT2D eigenvalue weighted by Gasteiger charge is 2.92. The molecule has 1 aromatic heterocycles. The van der Waals surface area contributed by atoms with Gasteiger partial charge in [-0.2, -0.15) is 0 Å². The molecule has 0 amide bonds. The summed E-state index contributed by atoms with van der Waals surface area (Å²) in [7, 11) is 0. The van der Waals surface area contributed by atoms with Crippen LogP contribution in [0.3, 0.4) is 0 Å². The van der Waals surface area contributed by atoms with Gasteiger partial charge in [-0.25, -0.2) is 14.4 Å². The van der Waals surface area contributed by atoms with Crippen LogP contribution in [-0.4, -0.2) is 135 Å². The maximum Gasteiger partial charge on any atom is 0.340 e. The summed E-state index contributed by atoms with van der Waals surface area (Å²) < 4.78 is 55.1. The lowest BCUT2D eigenvalue weighted by molar-refractivity contribution is -0.386. The van der Waals surface area contributed by atoms with Crippen molar-refractivity contribution in [3.8, 4) is 0 Å². The Morgan fingerprint density at radius 1 is 0.762 bits per heavy atom. The Bertz CT molecular complexity index is 2210. The Morgan fingerprint density at radius 3 is 1.92 bits per heavy atom. The molecule has 2 aliphatic carbocycles. The van der Waals surface area contributed by atoms with E-state index < -0.39 is 137 Å². The second-order valence-electron chi connectivity index (χ2n) is 16.8. The summed E-state index contributed by atoms with van der Waals surface area (Å²) in [5.74, 6) is -12.0. The number of nitrogens with zero attached hydrogens (tertiary/aromatic N) is 1. The van der Waals surface area contributed by atoms with Crippen LogP contribution in [0.5, 0.6) is 0 Å². The molecule has 2 aromatic rings. The van der Waals surface area contributed by atoms with Gasteiger partial charge in [-0.3, -0.25) is 29.0 Å². The fraction of sp³-hybridized carbons (Fsp3) is 0.558. The summed E-state index contributed by atoms with van der Waals surface area (Å²) in [6, 6.07) is 8.61. The fourth-order valence-corrected chi connectivity index (χ4v) is 9.87. The lowest BCUT2D eigenvalue weighted by Crippen LogP contribution is -2.89. The van der Waals surface area contributed by atoms with Crippen molar-refractivity contribution in [2.24, 2.45) is 11.3 Å². The number of aromatic nitrogens is 1. The molecule has 2 saturated carbocycles. The minimum Gasteiger partial charge on any atom is -0.465 e. The van der Waals surface area contributed by atoms with E-state index in [2.05, 4.69) is 4.98 Å². The molecule has 20 heteroatoms. The summed E-state index contributed by atoms with van der Waals surface area (Å²) in [5.41, 5.74) is -13.6. The zero-order chi connectivity index (χ0) is 46.6. The SMILES string of the molecule is CC(=O)OC[C@]12[C@H](OC(C)=O)[C@H](OC(C)=O)[C@@H]3[C@@H](OC(C)=O)[C@@]14O[C@@]3(C)COC(=O)c1cnccc1[C@@H](C)[C@@](C)(O)C(=O)O[C@@H]([C@H](OC(C)=O)[C@@H]2OC(=O)c1ccccc1)[C@]4(C)O. The number of cyclic esters (lactones) is 1. The van der Waals surface area contributed by atoms with Crippen molar-refractivity contribution < 1.29 is 91.2 Å². The monoisotopic (exact) mass is 883 g/mol. The first-order valence-corrected chi connectivity index (χ1v) is 19.9. The second kappa shape index (κ2) is 16.6. The van der Waals surface area contributed by atoms with Crippen LogP contribution < -0.4 is 0 Å². The first-order chi connectivity index (χ1) is 29.4. The van der Waals surface area contributed by atoms with Crippen LogP contribution in [0.4, 0.5) is 0 Å². The molecule has 63 heavy (non-hydrogen) atoms. The molecule has 13 atom stereocenters. The number of aliphatic hydroxyl groups is 2. The van der Waals surface area contributed by atoms with E-state index in [1.165, 1.54) is 50.4 Å². The highest BCUT2D eigenvalue weighted by atomic mass is 16.7. The van der Waals surface area contributed by atoms with Crippen LogP contribution in [0.25, 0.3) is 0 Å². The van der Waals surface area contributed by atoms with E-state index in [1.54, 1.807) is 6.07 Å². The predicted molar refractivity (Wildman–Crippen MR) is 207 cm³/mol. The minimum absolute atomic E-state index is 0.0502. The number of benzene rings is 1. The molecule has 2 N–H and O–H groups in total. The summed E-state index contributed by atoms with van der Waals surface area (Å²) in [4.78, 5) is 114. The molecule has 340 valence electrons. The van der Waals surface area contributed by atoms with Gasteiger partial charge in [-0.15, -0.1) is 0 Å². The van der Waals surface area contributed by atoms with Crippen molar-refractivity contribution in [3.05, 3.63) is 65.5 Å². The maximum atomic E-state index is 14.7. The third kappa shape index (κ3) is 7.56. The Kier molecular flexibility index (Phi) is 12.3. The van der Waals surface area contributed by atoms with Crippen molar-refractivity contribution in [3.63, 3.8) is 0 Å². The molecule has 1 aromatic carbocycles. The molecule has 0 unspecified atom stereocenters. The van der Waals surface area contributed by atoms with E-state index in [4.69, 9.17) is 42.6 Å². The lowest BCUT2D eigenvalue weighted by atomic mass is 9.45. The number of rotatable bonds is 8. The van der Waals surface area contributed by atoms with Gasteiger partial charge >= 0.3 is 47.8 Å². The number of hydrogen-bond acceptors (Lipinski definition) is 20. The summed E-state index contributed by atoms with van der Waals surface area (Å²) in [6.45, 7) is 7.69. The predicted octanol–water partition coefficient (Wildman–Crippen LogP) is 1.44. The van der Waals surface area contributed by atoms with Crippen LogP contribution in [-0.2, 0) is 71.4 Å². The van der Waals surface area contributed by atoms with Crippen molar-refractivity contribution in [1.82, 2.24) is 4.98 Å². The highest BCUT2D eigenvalue weighted by molar-refractivity contribution is 5.92. The molecule has 6 rings (SSSR count). The minimum atomic E-state index is -2.98. The topological polar surface area (TPSA) is 273 Å². The van der Waals surface area contributed by atoms with Crippen molar-refractivity contribution in [2.75, 3.05) is 13.2 Å². The average Bonchev–Trinajstić information content (AvgIpc) is 3.42. The van der Waals surface area contributed by atoms with Gasteiger partial charge in [0.15, 0.2) is 35.6 Å². The molecule has 3 fully saturated rings. The molecule has 4 aliphatic rings. The molecule has 1 saturated heterocycles. The van der Waals surface area contributed by atoms with Gasteiger partial charge in [0, 0.05) is 52.9 Å². The van der Waals surface area contributed by atoms with Gasteiger partial charge in [0.05, 0.1) is 17.0 Å². The second-order valence-corrected chi connectivity index (χ2v) is 16.8. The third-order valence-corrected chi connectivity index (χ3v) is 12.6. The van der Waals surface area contributed by atoms with Crippen molar-refractivity contribution >= 4 is 47.8 Å². The number of fused-ring (bicyclic) bond motifs is 5. The Labute approximate surface area is 360 Å². The zero-order valence-corrected chi connectivity index (χ0v) is 35.9. The first kappa shape index (κ1) is 46.5. The average molecular weight is 884 g/mol. The van der Waals surface area contributed by atoms with Gasteiger partial charge in [0.25, 0.3) is 0 Å². The van der Waals surface area contributed by atoms with Crippen molar-refractivity contribution in [2.45, 2.75) is 127 Å². The molecular weight excluding hydrogens is 834 g/mol. The molecule has 3 heterocycles. The number of ether oxygens (including phenoxy) is 9. The fourth-order valence-electron chi connectivity index (χ4n) is 9.87. The van der Waals surface area contributed by atoms with Gasteiger partial charge in [0.1, 0.15) is 42.0 Å². The van der Waals surface area contributed by atoms with Gasteiger partial charge in [-0.05, 0) is 44.5 Å². The number of pyridine rings is 1. The maximum absolute atomic E-state index is 14.7. The molecule has 0 radical (unpaired) electrons. The van der Waals surface area contributed by atoms with Gasteiger partial charge < -0.3 is 52.8 Å². The standard InChI is InChI=1S/C43H49NO19/c1-20-27-15-16-44-17-28(27)37(51)56-18-39(7)29-30(57-22(3)46)34(60-25(6)49)42(19-55-21(2)45)35(61-36(50)26-13-11-10-12-14-26)31(58-23(4)47)33(62-38(52)40(20,8)53)41(9,54)43(42,63-39)32(29)59-24(5)48/h10-17,20,29-35,53-54H,18-19H2,1-9H3/t20-,29-,30-,31+,32-,33+,34-,35+,39+,40-,41+,42-,43+/m1/s1. The molecule has 20 nitrogen and oxygen atoms in total. The number of hydrogen-bond donors (Lipinski definition) is 2. The zero-order valence-electron chi connectivity index (χ0n) is 35.9. The lowest BCUT2D eigenvalue weighted by Gasteiger charge is -2.67. The van der Waals surface area contributed by atoms with E-state index in [0.29, 0.717) is 0 Å². The van der Waals surface area contributed by atoms with Crippen LogP contribution in [0.2, 0.25) is 0 Å². The number of esters is 8. The quantitative estimate of drug-likeness (QED) is 0.280. The highest BCUT2D eigenvalue weighted by Crippen LogP contribution is 2.70. The van der Waals surface area contributed by atoms with Crippen LogP contribution in [0, 0.1) is 11.3 Å². The van der Waals surface area contributed by atoms with E-state index in [-0.39, 0.29) is 16.7 Å². The summed E-state index contributed by atoms with van der Waals surface area (Å²) >= 11 is 0. The Balaban J connectivity index is 1.82. The molecule has 4 bridgehead atoms. The van der Waals surface area contributed by atoms with Crippen LogP contribution in [0.1, 0.15) is 94.5 Å². The van der Waals surface area contributed by atoms with E-state index >= 15 is 0 Å². The molecule has 1 spiro atoms. The Hall–Kier alpha value is -5.99. The third-order valence-electron chi connectivity index (χ3n) is 12.6. The number of carbonyl (C=O) groups excluding carboxylic acids is 8. The first-order valence-electron chi connectivity index (χ1n) is 19.9. The largest absolute Gasteiger partial charge is 0.465 e. The Morgan fingerprint density at radius 2 is 1.33 bits per heavy atom. The molecule has 2 aliphatic heterocycles.